The van der Waals surface area contributed by atoms with Gasteiger partial charge >= 0.3 is 7.12 Å². The summed E-state index contributed by atoms with van der Waals surface area (Å²) in [5, 5.41) is 0. The lowest BCUT2D eigenvalue weighted by Crippen LogP contribution is -2.41. The standard InChI is InChI=1S/C26H34BNO3/c1-9-19-21(27-30-25(5,6)26(7,8)31-27)11-10-12-22(19)28-16-17-15-18(24(2,3)4)13-14-20(17)23(28)29/h10-15H,9,16H2,1-8H3. The van der Waals surface area contributed by atoms with E-state index in [2.05, 4.69) is 73.6 Å². The monoisotopic (exact) mass is 419 g/mol. The third-order valence-corrected chi connectivity index (χ3v) is 7.11. The molecule has 0 spiro atoms. The Balaban J connectivity index is 1.71. The zero-order valence-electron chi connectivity index (χ0n) is 20.1. The second-order valence-electron chi connectivity index (χ2n) is 10.8. The van der Waals surface area contributed by atoms with Crippen molar-refractivity contribution in [3.05, 3.63) is 58.7 Å². The Hall–Kier alpha value is -2.11. The fraction of sp³-hybridized carbons (Fsp3) is 0.500. The van der Waals surface area contributed by atoms with Crippen molar-refractivity contribution in [1.82, 2.24) is 0 Å². The lowest BCUT2D eigenvalue weighted by molar-refractivity contribution is 0.00578. The highest BCUT2D eigenvalue weighted by Crippen LogP contribution is 2.38. The van der Waals surface area contributed by atoms with E-state index in [9.17, 15) is 4.79 Å². The number of fused-ring (bicyclic) bond motifs is 1. The van der Waals surface area contributed by atoms with Crippen molar-refractivity contribution in [2.75, 3.05) is 4.90 Å². The topological polar surface area (TPSA) is 38.8 Å². The highest BCUT2D eigenvalue weighted by atomic mass is 16.7. The largest absolute Gasteiger partial charge is 0.495 e. The zero-order valence-corrected chi connectivity index (χ0v) is 20.1. The summed E-state index contributed by atoms with van der Waals surface area (Å²) >= 11 is 0. The highest BCUT2D eigenvalue weighted by Gasteiger charge is 2.52. The van der Waals surface area contributed by atoms with E-state index in [0.717, 1.165) is 34.3 Å². The van der Waals surface area contributed by atoms with Gasteiger partial charge in [0, 0.05) is 11.3 Å². The van der Waals surface area contributed by atoms with Crippen LogP contribution in [-0.2, 0) is 27.7 Å². The normalized spacial score (nSPS) is 19.8. The van der Waals surface area contributed by atoms with Crippen molar-refractivity contribution in [2.24, 2.45) is 0 Å². The van der Waals surface area contributed by atoms with Crippen LogP contribution in [0.1, 0.15) is 82.4 Å². The van der Waals surface area contributed by atoms with Gasteiger partial charge in [-0.3, -0.25) is 4.79 Å². The third kappa shape index (κ3) is 3.62. The molecule has 2 heterocycles. The molecule has 0 aromatic heterocycles. The number of nitrogens with zero attached hydrogens (tertiary/aromatic N) is 1. The van der Waals surface area contributed by atoms with Crippen LogP contribution in [0.15, 0.2) is 36.4 Å². The fourth-order valence-electron chi connectivity index (χ4n) is 4.40. The van der Waals surface area contributed by atoms with E-state index in [1.54, 1.807) is 0 Å². The van der Waals surface area contributed by atoms with Crippen LogP contribution in [0.4, 0.5) is 5.69 Å². The molecule has 0 atom stereocenters. The maximum Gasteiger partial charge on any atom is 0.495 e. The molecule has 2 aliphatic rings. The smallest absolute Gasteiger partial charge is 0.399 e. The molecular weight excluding hydrogens is 385 g/mol. The maximum atomic E-state index is 13.3. The fourth-order valence-corrected chi connectivity index (χ4v) is 4.40. The van der Waals surface area contributed by atoms with E-state index >= 15 is 0 Å². The number of hydrogen-bond donors (Lipinski definition) is 0. The molecule has 164 valence electrons. The molecule has 0 N–H and O–H groups in total. The summed E-state index contributed by atoms with van der Waals surface area (Å²) in [5.74, 6) is 0.0660. The van der Waals surface area contributed by atoms with Crippen LogP contribution in [0.5, 0.6) is 0 Å². The van der Waals surface area contributed by atoms with Gasteiger partial charge < -0.3 is 14.2 Å². The van der Waals surface area contributed by atoms with Crippen molar-refractivity contribution < 1.29 is 14.1 Å². The van der Waals surface area contributed by atoms with Crippen molar-refractivity contribution in [2.45, 2.75) is 85.0 Å². The van der Waals surface area contributed by atoms with E-state index in [1.165, 1.54) is 5.56 Å². The first-order valence-electron chi connectivity index (χ1n) is 11.3. The van der Waals surface area contributed by atoms with Gasteiger partial charge in [0.05, 0.1) is 17.7 Å². The number of benzene rings is 2. The average molecular weight is 419 g/mol. The number of hydrogen-bond acceptors (Lipinski definition) is 3. The summed E-state index contributed by atoms with van der Waals surface area (Å²) in [7, 11) is -0.438. The molecule has 1 saturated heterocycles. The van der Waals surface area contributed by atoms with Gasteiger partial charge in [0.1, 0.15) is 0 Å². The first-order chi connectivity index (χ1) is 14.4. The van der Waals surface area contributed by atoms with E-state index in [1.807, 2.05) is 23.1 Å². The van der Waals surface area contributed by atoms with Crippen LogP contribution in [0, 0.1) is 0 Å². The summed E-state index contributed by atoms with van der Waals surface area (Å²) in [6, 6.07) is 12.4. The molecule has 5 heteroatoms. The summed E-state index contributed by atoms with van der Waals surface area (Å²) in [4.78, 5) is 15.2. The molecule has 1 amide bonds. The van der Waals surface area contributed by atoms with E-state index < -0.39 is 18.3 Å². The van der Waals surface area contributed by atoms with E-state index in [4.69, 9.17) is 9.31 Å². The van der Waals surface area contributed by atoms with Crippen LogP contribution >= 0.6 is 0 Å². The summed E-state index contributed by atoms with van der Waals surface area (Å²) in [6.07, 6.45) is 0.795. The molecule has 0 radical (unpaired) electrons. The maximum absolute atomic E-state index is 13.3. The number of amides is 1. The van der Waals surface area contributed by atoms with Crippen molar-refractivity contribution in [3.8, 4) is 0 Å². The van der Waals surface area contributed by atoms with Gasteiger partial charge in [0.15, 0.2) is 0 Å². The van der Waals surface area contributed by atoms with E-state index in [-0.39, 0.29) is 11.3 Å². The minimum atomic E-state index is -0.438. The molecule has 0 bridgehead atoms. The van der Waals surface area contributed by atoms with Gasteiger partial charge in [-0.1, -0.05) is 52.0 Å². The average Bonchev–Trinajstić information content (AvgIpc) is 3.12. The predicted octanol–water partition coefficient (Wildman–Crippen LogP) is 5.01. The molecular formula is C26H34BNO3. The Labute approximate surface area is 187 Å². The molecule has 1 fully saturated rings. The molecule has 4 nitrogen and oxygen atoms in total. The molecule has 4 rings (SSSR count). The number of carbonyl (C=O) groups excluding carboxylic acids is 1. The Bertz CT molecular complexity index is 1020. The quantitative estimate of drug-likeness (QED) is 0.657. The van der Waals surface area contributed by atoms with Gasteiger partial charge in [-0.05, 0) is 73.8 Å². The molecule has 0 unspecified atom stereocenters. The SMILES string of the molecule is CCc1c(B2OC(C)(C)C(C)(C)O2)cccc1N1Cc2cc(C(C)(C)C)ccc2C1=O. The number of anilines is 1. The number of carbonyl (C=O) groups is 1. The molecule has 0 saturated carbocycles. The highest BCUT2D eigenvalue weighted by molar-refractivity contribution is 6.62. The summed E-state index contributed by atoms with van der Waals surface area (Å²) in [5.41, 5.74) is 5.48. The van der Waals surface area contributed by atoms with Gasteiger partial charge in [-0.15, -0.1) is 0 Å². The molecule has 0 aliphatic carbocycles. The van der Waals surface area contributed by atoms with Crippen molar-refractivity contribution in [3.63, 3.8) is 0 Å². The second-order valence-corrected chi connectivity index (χ2v) is 10.8. The Morgan fingerprint density at radius 1 is 1.03 bits per heavy atom. The van der Waals surface area contributed by atoms with Crippen molar-refractivity contribution in [1.29, 1.82) is 0 Å². The first-order valence-corrected chi connectivity index (χ1v) is 11.3. The lowest BCUT2D eigenvalue weighted by atomic mass is 9.74. The zero-order chi connectivity index (χ0) is 22.8. The lowest BCUT2D eigenvalue weighted by Gasteiger charge is -2.32. The summed E-state index contributed by atoms with van der Waals surface area (Å²) in [6.45, 7) is 17.6. The minimum Gasteiger partial charge on any atom is -0.399 e. The van der Waals surface area contributed by atoms with Gasteiger partial charge in [0.2, 0.25) is 0 Å². The summed E-state index contributed by atoms with van der Waals surface area (Å²) < 4.78 is 12.7. The second kappa shape index (κ2) is 7.21. The van der Waals surface area contributed by atoms with Gasteiger partial charge in [-0.25, -0.2) is 0 Å². The minimum absolute atomic E-state index is 0.0523. The van der Waals surface area contributed by atoms with Gasteiger partial charge in [0.25, 0.3) is 5.91 Å². The molecule has 2 aliphatic heterocycles. The third-order valence-electron chi connectivity index (χ3n) is 7.11. The molecule has 2 aromatic rings. The van der Waals surface area contributed by atoms with Crippen LogP contribution in [0.3, 0.4) is 0 Å². The number of rotatable bonds is 3. The Kier molecular flexibility index (Phi) is 5.14. The van der Waals surface area contributed by atoms with Crippen molar-refractivity contribution >= 4 is 24.2 Å². The van der Waals surface area contributed by atoms with Crippen LogP contribution in [-0.4, -0.2) is 24.2 Å². The Morgan fingerprint density at radius 3 is 2.26 bits per heavy atom. The van der Waals surface area contributed by atoms with Gasteiger partial charge in [-0.2, -0.15) is 0 Å². The van der Waals surface area contributed by atoms with Crippen LogP contribution in [0.25, 0.3) is 0 Å². The molecule has 2 aromatic carbocycles. The predicted molar refractivity (Wildman–Crippen MR) is 127 cm³/mol. The first kappa shape index (κ1) is 22.1. The molecule has 31 heavy (non-hydrogen) atoms. The van der Waals surface area contributed by atoms with Crippen LogP contribution < -0.4 is 10.4 Å². The Morgan fingerprint density at radius 2 is 1.68 bits per heavy atom. The van der Waals surface area contributed by atoms with Crippen LogP contribution in [0.2, 0.25) is 0 Å². The van der Waals surface area contributed by atoms with E-state index in [0.29, 0.717) is 6.54 Å².